The number of nitrogens with zero attached hydrogens (tertiary/aromatic N) is 1. The lowest BCUT2D eigenvalue weighted by Gasteiger charge is -2.23. The van der Waals surface area contributed by atoms with Gasteiger partial charge in [0.05, 0.1) is 6.61 Å². The summed E-state index contributed by atoms with van der Waals surface area (Å²) >= 11 is 0. The summed E-state index contributed by atoms with van der Waals surface area (Å²) in [5.41, 5.74) is 2.67. The molecule has 0 aliphatic carbocycles. The van der Waals surface area contributed by atoms with Crippen molar-refractivity contribution in [1.29, 1.82) is 0 Å². The van der Waals surface area contributed by atoms with E-state index in [9.17, 15) is 9.59 Å². The molecule has 1 aliphatic rings. The Bertz CT molecular complexity index is 768. The van der Waals surface area contributed by atoms with Gasteiger partial charge in [0.2, 0.25) is 0 Å². The molecule has 0 radical (unpaired) electrons. The molecule has 1 unspecified atom stereocenters. The lowest BCUT2D eigenvalue weighted by molar-refractivity contribution is -0.128. The summed E-state index contributed by atoms with van der Waals surface area (Å²) < 4.78 is 5.44. The van der Waals surface area contributed by atoms with Gasteiger partial charge in [0, 0.05) is 42.4 Å². The van der Waals surface area contributed by atoms with Crippen molar-refractivity contribution >= 4 is 48.0 Å². The third kappa shape index (κ3) is 6.18. The largest absolute Gasteiger partial charge is 0.366 e. The molecule has 1 aliphatic heterocycles. The van der Waals surface area contributed by atoms with Gasteiger partial charge in [-0.25, -0.2) is 0 Å². The normalized spacial score (nSPS) is 15.7. The van der Waals surface area contributed by atoms with Crippen LogP contribution in [-0.2, 0) is 9.53 Å². The van der Waals surface area contributed by atoms with E-state index in [1.807, 2.05) is 13.0 Å². The summed E-state index contributed by atoms with van der Waals surface area (Å²) in [6.07, 6.45) is 2.62. The number of hydrogen-bond donors (Lipinski definition) is 3. The highest BCUT2D eigenvalue weighted by Crippen LogP contribution is 2.21. The Kier molecular flexibility index (Phi) is 9.17. The highest BCUT2D eigenvalue weighted by atomic mass is 35.5. The molecule has 0 saturated carbocycles. The van der Waals surface area contributed by atoms with Crippen molar-refractivity contribution in [3.05, 3.63) is 53.9 Å². The highest BCUT2D eigenvalue weighted by Gasteiger charge is 2.21. The number of benzene rings is 1. The first-order valence-corrected chi connectivity index (χ1v) is 8.09. The second-order valence-corrected chi connectivity index (χ2v) is 5.77. The number of anilines is 2. The van der Waals surface area contributed by atoms with Crippen LogP contribution in [0.1, 0.15) is 15.9 Å². The van der Waals surface area contributed by atoms with Crippen LogP contribution in [0.15, 0.2) is 42.7 Å². The Morgan fingerprint density at radius 1 is 1.15 bits per heavy atom. The van der Waals surface area contributed by atoms with Crippen molar-refractivity contribution in [3.63, 3.8) is 0 Å². The van der Waals surface area contributed by atoms with Gasteiger partial charge < -0.3 is 20.7 Å². The number of aromatic nitrogens is 1. The maximum Gasteiger partial charge on any atom is 0.255 e. The number of halogens is 2. The number of hydrogen-bond acceptors (Lipinski definition) is 5. The van der Waals surface area contributed by atoms with Gasteiger partial charge in [-0.05, 0) is 36.8 Å². The molecule has 1 fully saturated rings. The molecule has 1 aromatic heterocycles. The molecule has 1 atom stereocenters. The molecule has 27 heavy (non-hydrogen) atoms. The van der Waals surface area contributed by atoms with Gasteiger partial charge in [-0.1, -0.05) is 6.07 Å². The van der Waals surface area contributed by atoms with E-state index in [-0.39, 0.29) is 36.6 Å². The second-order valence-electron chi connectivity index (χ2n) is 5.77. The molecule has 0 spiro atoms. The molecule has 1 saturated heterocycles. The number of rotatable bonds is 4. The van der Waals surface area contributed by atoms with E-state index in [0.717, 1.165) is 12.1 Å². The molecule has 9 heteroatoms. The van der Waals surface area contributed by atoms with Gasteiger partial charge in [0.1, 0.15) is 6.10 Å². The van der Waals surface area contributed by atoms with Crippen molar-refractivity contribution in [2.75, 3.05) is 30.3 Å². The molecule has 7 nitrogen and oxygen atoms in total. The van der Waals surface area contributed by atoms with Crippen molar-refractivity contribution in [1.82, 2.24) is 10.3 Å². The molecular formula is C18H22Cl2N4O3. The van der Waals surface area contributed by atoms with Crippen LogP contribution in [0.3, 0.4) is 0 Å². The Morgan fingerprint density at radius 2 is 1.89 bits per heavy atom. The maximum absolute atomic E-state index is 12.3. The van der Waals surface area contributed by atoms with Gasteiger partial charge in [-0.3, -0.25) is 14.6 Å². The molecular weight excluding hydrogens is 391 g/mol. The minimum absolute atomic E-state index is 0. The predicted molar refractivity (Wildman–Crippen MR) is 109 cm³/mol. The van der Waals surface area contributed by atoms with E-state index < -0.39 is 6.10 Å². The molecule has 3 rings (SSSR count). The van der Waals surface area contributed by atoms with Crippen molar-refractivity contribution < 1.29 is 14.3 Å². The molecule has 2 aromatic rings. The summed E-state index contributed by atoms with van der Waals surface area (Å²) in [5.74, 6) is -0.434. The van der Waals surface area contributed by atoms with Gasteiger partial charge >= 0.3 is 0 Å². The van der Waals surface area contributed by atoms with Gasteiger partial charge in [0.25, 0.3) is 11.8 Å². The van der Waals surface area contributed by atoms with Crippen LogP contribution in [0.4, 0.5) is 11.4 Å². The van der Waals surface area contributed by atoms with Crippen LogP contribution in [0.25, 0.3) is 0 Å². The van der Waals surface area contributed by atoms with E-state index in [1.165, 1.54) is 0 Å². The zero-order chi connectivity index (χ0) is 17.6. The lowest BCUT2D eigenvalue weighted by Crippen LogP contribution is -2.45. The fourth-order valence-corrected chi connectivity index (χ4v) is 2.49. The number of pyridine rings is 1. The monoisotopic (exact) mass is 412 g/mol. The topological polar surface area (TPSA) is 92.4 Å². The number of aryl methyl sites for hydroxylation is 1. The third-order valence-corrected chi connectivity index (χ3v) is 3.92. The Hall–Kier alpha value is -2.19. The fraction of sp³-hybridized carbons (Fsp3) is 0.278. The van der Waals surface area contributed by atoms with Crippen molar-refractivity contribution in [2.24, 2.45) is 0 Å². The zero-order valence-electron chi connectivity index (χ0n) is 14.7. The number of carbonyl (C=O) groups excluding carboxylic acids is 2. The number of carbonyl (C=O) groups is 2. The van der Waals surface area contributed by atoms with Gasteiger partial charge in [0.15, 0.2) is 0 Å². The van der Waals surface area contributed by atoms with Crippen LogP contribution in [0.2, 0.25) is 0 Å². The van der Waals surface area contributed by atoms with E-state index >= 15 is 0 Å². The molecule has 2 heterocycles. The zero-order valence-corrected chi connectivity index (χ0v) is 16.4. The van der Waals surface area contributed by atoms with E-state index in [2.05, 4.69) is 20.9 Å². The summed E-state index contributed by atoms with van der Waals surface area (Å²) in [4.78, 5) is 28.4. The minimum atomic E-state index is -0.509. The summed E-state index contributed by atoms with van der Waals surface area (Å²) in [6, 6.07) is 8.67. The van der Waals surface area contributed by atoms with Crippen LogP contribution >= 0.6 is 24.8 Å². The minimum Gasteiger partial charge on any atom is -0.366 e. The lowest BCUT2D eigenvalue weighted by atomic mass is 10.1. The van der Waals surface area contributed by atoms with Gasteiger partial charge in [-0.2, -0.15) is 0 Å². The average Bonchev–Trinajstić information content (AvgIpc) is 2.66. The predicted octanol–water partition coefficient (Wildman–Crippen LogP) is 2.41. The number of amides is 2. The SMILES string of the molecule is Cc1ccc(NC(=O)C2CNCCO2)cc1NC(=O)c1ccncc1.Cl.Cl. The summed E-state index contributed by atoms with van der Waals surface area (Å²) in [7, 11) is 0. The van der Waals surface area contributed by atoms with Crippen LogP contribution in [0, 0.1) is 6.92 Å². The first-order chi connectivity index (χ1) is 12.1. The first-order valence-electron chi connectivity index (χ1n) is 8.09. The number of ether oxygens (including phenoxy) is 1. The maximum atomic E-state index is 12.3. The standard InChI is InChI=1S/C18H20N4O3.2ClH/c1-12-2-3-14(21-18(24)16-11-20-8-9-25-16)10-15(12)22-17(23)13-4-6-19-7-5-13;;/h2-7,10,16,20H,8-9,11H2,1H3,(H,21,24)(H,22,23);2*1H. The van der Waals surface area contributed by atoms with Crippen molar-refractivity contribution in [3.8, 4) is 0 Å². The molecule has 0 bridgehead atoms. The van der Waals surface area contributed by atoms with Crippen LogP contribution < -0.4 is 16.0 Å². The molecule has 146 valence electrons. The summed E-state index contributed by atoms with van der Waals surface area (Å²) in [6.45, 7) is 3.64. The number of morpholine rings is 1. The van der Waals surface area contributed by atoms with E-state index in [0.29, 0.717) is 30.1 Å². The third-order valence-electron chi connectivity index (χ3n) is 3.92. The Balaban J connectivity index is 0.00000182. The van der Waals surface area contributed by atoms with Gasteiger partial charge in [-0.15, -0.1) is 24.8 Å². The van der Waals surface area contributed by atoms with E-state index in [4.69, 9.17) is 4.74 Å². The first kappa shape index (κ1) is 22.9. The fourth-order valence-electron chi connectivity index (χ4n) is 2.49. The van der Waals surface area contributed by atoms with Crippen molar-refractivity contribution in [2.45, 2.75) is 13.0 Å². The Labute approximate surface area is 170 Å². The average molecular weight is 413 g/mol. The van der Waals surface area contributed by atoms with E-state index in [1.54, 1.807) is 36.7 Å². The molecule has 3 N–H and O–H groups in total. The van der Waals surface area contributed by atoms with Crippen LogP contribution in [0.5, 0.6) is 0 Å². The quantitative estimate of drug-likeness (QED) is 0.716. The summed E-state index contributed by atoms with van der Waals surface area (Å²) in [5, 5.41) is 8.80. The Morgan fingerprint density at radius 3 is 2.56 bits per heavy atom. The molecule has 1 aromatic carbocycles. The second kappa shape index (κ2) is 10.8. The smallest absolute Gasteiger partial charge is 0.255 e. The number of nitrogens with one attached hydrogen (secondary N) is 3. The molecule has 2 amide bonds. The van der Waals surface area contributed by atoms with Crippen LogP contribution in [-0.4, -0.2) is 42.6 Å². The highest BCUT2D eigenvalue weighted by molar-refractivity contribution is 6.05.